The van der Waals surface area contributed by atoms with Crippen LogP contribution in [0, 0.1) is 26.1 Å². The highest BCUT2D eigenvalue weighted by Crippen LogP contribution is 2.45. The van der Waals surface area contributed by atoms with Crippen LogP contribution in [-0.4, -0.2) is 73.8 Å². The number of non-ortho nitro benzene ring substituents is 1. The summed E-state index contributed by atoms with van der Waals surface area (Å²) in [5.74, 6) is -6.98. The summed E-state index contributed by atoms with van der Waals surface area (Å²) in [7, 11) is 0. The zero-order valence-electron chi connectivity index (χ0n) is 40.1. The number of carbonyl (C=O) groups excluding carboxylic acids is 4. The van der Waals surface area contributed by atoms with Crippen molar-refractivity contribution in [1.29, 1.82) is 0 Å². The van der Waals surface area contributed by atoms with Crippen molar-refractivity contribution in [3.63, 3.8) is 0 Å². The Morgan fingerprint density at radius 1 is 0.845 bits per heavy atom. The van der Waals surface area contributed by atoms with Gasteiger partial charge in [-0.2, -0.15) is 0 Å². The van der Waals surface area contributed by atoms with E-state index in [4.69, 9.17) is 15.2 Å². The lowest BCUT2D eigenvalue weighted by Gasteiger charge is -2.30. The van der Waals surface area contributed by atoms with E-state index in [2.05, 4.69) is 28.2 Å². The Morgan fingerprint density at radius 3 is 2.13 bits per heavy atom. The summed E-state index contributed by atoms with van der Waals surface area (Å²) in [5.41, 5.74) is 5.86. The molecular formula is C51H63N7O13. The Balaban J connectivity index is 1.65. The molecule has 20 heteroatoms. The van der Waals surface area contributed by atoms with Gasteiger partial charge < -0.3 is 46.7 Å². The van der Waals surface area contributed by atoms with Gasteiger partial charge in [-0.3, -0.25) is 39.4 Å². The van der Waals surface area contributed by atoms with Crippen molar-refractivity contribution in [2.45, 2.75) is 134 Å². The summed E-state index contributed by atoms with van der Waals surface area (Å²) in [6.45, 7) is 5.86. The van der Waals surface area contributed by atoms with Crippen LogP contribution in [0.25, 0.3) is 0 Å². The third-order valence-electron chi connectivity index (χ3n) is 11.9. The molecule has 0 unspecified atom stereocenters. The molecule has 6 rings (SSSR count). The third-order valence-corrected chi connectivity index (χ3v) is 11.9. The summed E-state index contributed by atoms with van der Waals surface area (Å²) in [6, 6.07) is 11.5. The lowest BCUT2D eigenvalue weighted by molar-refractivity contribution is -0.385. The first-order valence-electron chi connectivity index (χ1n) is 23.9. The molecule has 20 nitrogen and oxygen atoms in total. The number of fused-ring (bicyclic) bond motifs is 9. The van der Waals surface area contributed by atoms with Crippen LogP contribution in [0.2, 0.25) is 0 Å². The van der Waals surface area contributed by atoms with Crippen molar-refractivity contribution < 1.29 is 53.5 Å². The predicted octanol–water partition coefficient (Wildman–Crippen LogP) is 7.58. The fraction of sp³-hybridized carbons (Fsp3) is 0.431. The number of rotatable bonds is 23. The molecule has 2 aliphatic rings. The molecule has 0 radical (unpaired) electrons. The molecule has 0 saturated heterocycles. The van der Waals surface area contributed by atoms with E-state index in [1.165, 1.54) is 30.7 Å². The summed E-state index contributed by atoms with van der Waals surface area (Å²) in [6.07, 6.45) is 8.36. The van der Waals surface area contributed by atoms with Gasteiger partial charge in [0, 0.05) is 37.5 Å². The zero-order valence-corrected chi connectivity index (χ0v) is 40.1. The van der Waals surface area contributed by atoms with Crippen molar-refractivity contribution in [2.75, 3.05) is 0 Å². The Labute approximate surface area is 411 Å². The molecule has 5 atom stereocenters. The lowest BCUT2D eigenvalue weighted by Crippen LogP contribution is -2.58. The van der Waals surface area contributed by atoms with Gasteiger partial charge in [0.1, 0.15) is 17.8 Å². The monoisotopic (exact) mass is 981 g/mol. The second kappa shape index (κ2) is 26.4. The highest BCUT2D eigenvalue weighted by molar-refractivity contribution is 5.94. The SMILES string of the molecule is CCCCCCCCCCCC(=O)N[C@@H](C(=O)O)[C@@H]1NC(=O)[C@H](Cc2ccccc2)NC(=O)[C@H](NC(=O)[C@H](N)CC(C)C)Cc2ccc(c([N+](=O)[O-])c2)Oc2cc1cc(Oc1ccc([N+](=O)[O-])cc1)c2O. The number of carboxylic acid groups (broad SMARTS) is 1. The van der Waals surface area contributed by atoms with Crippen LogP contribution in [-0.2, 0) is 36.8 Å². The van der Waals surface area contributed by atoms with Crippen LogP contribution < -0.4 is 36.5 Å². The number of phenolic OH excluding ortho intramolecular Hbond substituents is 1. The van der Waals surface area contributed by atoms with E-state index < -0.39 is 98.3 Å². The quantitative estimate of drug-likeness (QED) is 0.0214. The number of ether oxygens (including phenoxy) is 2. The maximum absolute atomic E-state index is 14.9. The molecule has 0 fully saturated rings. The molecule has 71 heavy (non-hydrogen) atoms. The molecule has 0 aromatic heterocycles. The average molecular weight is 982 g/mol. The van der Waals surface area contributed by atoms with Crippen molar-refractivity contribution in [3.05, 3.63) is 122 Å². The molecule has 4 aromatic rings. The normalized spacial score (nSPS) is 16.7. The van der Waals surface area contributed by atoms with E-state index >= 15 is 0 Å². The maximum Gasteiger partial charge on any atom is 0.328 e. The average Bonchev–Trinajstić information content (AvgIpc) is 3.33. The van der Waals surface area contributed by atoms with Crippen molar-refractivity contribution >= 4 is 41.0 Å². The van der Waals surface area contributed by atoms with Crippen LogP contribution >= 0.6 is 0 Å². The first kappa shape index (κ1) is 54.3. The molecule has 4 aromatic carbocycles. The molecular weight excluding hydrogens is 919 g/mol. The molecule has 4 amide bonds. The number of hydrogen-bond acceptors (Lipinski definition) is 13. The molecule has 0 aliphatic carbocycles. The minimum Gasteiger partial charge on any atom is -0.502 e. The van der Waals surface area contributed by atoms with Gasteiger partial charge in [0.15, 0.2) is 17.5 Å². The number of nitro benzene ring substituents is 2. The van der Waals surface area contributed by atoms with Crippen molar-refractivity contribution in [3.8, 4) is 28.7 Å². The van der Waals surface area contributed by atoms with E-state index in [0.717, 1.165) is 68.9 Å². The number of nitrogens with zero attached hydrogens (tertiary/aromatic N) is 2. The third kappa shape index (κ3) is 16.2. The minimum absolute atomic E-state index is 0.00181. The highest BCUT2D eigenvalue weighted by atomic mass is 16.6. The number of phenols is 1. The summed E-state index contributed by atoms with van der Waals surface area (Å²) < 4.78 is 12.0. The van der Waals surface area contributed by atoms with Gasteiger partial charge in [0.2, 0.25) is 35.1 Å². The predicted molar refractivity (Wildman–Crippen MR) is 262 cm³/mol. The smallest absolute Gasteiger partial charge is 0.328 e. The van der Waals surface area contributed by atoms with E-state index in [1.54, 1.807) is 30.3 Å². The number of amides is 4. The topological polar surface area (TPSA) is 305 Å². The van der Waals surface area contributed by atoms with Crippen LogP contribution in [0.1, 0.15) is 114 Å². The minimum atomic E-state index is -1.94. The number of nitrogens with two attached hydrogens (primary N) is 1. The first-order chi connectivity index (χ1) is 33.9. The molecule has 0 saturated carbocycles. The lowest BCUT2D eigenvalue weighted by atomic mass is 9.96. The molecule has 0 spiro atoms. The summed E-state index contributed by atoms with van der Waals surface area (Å²) in [5, 5.41) is 57.3. The van der Waals surface area contributed by atoms with Gasteiger partial charge >= 0.3 is 11.7 Å². The van der Waals surface area contributed by atoms with Crippen LogP contribution in [0.3, 0.4) is 0 Å². The number of unbranched alkanes of at least 4 members (excludes halogenated alkanes) is 8. The summed E-state index contributed by atoms with van der Waals surface area (Å²) in [4.78, 5) is 92.5. The zero-order chi connectivity index (χ0) is 51.6. The van der Waals surface area contributed by atoms with Crippen LogP contribution in [0.15, 0.2) is 84.9 Å². The van der Waals surface area contributed by atoms with Crippen molar-refractivity contribution in [2.24, 2.45) is 11.7 Å². The van der Waals surface area contributed by atoms with E-state index in [1.807, 2.05) is 13.8 Å². The number of aromatic hydroxyl groups is 1. The first-order valence-corrected chi connectivity index (χ1v) is 23.9. The number of nitro groups is 2. The van der Waals surface area contributed by atoms with E-state index in [9.17, 15) is 54.4 Å². The molecule has 380 valence electrons. The van der Waals surface area contributed by atoms with Gasteiger partial charge in [-0.15, -0.1) is 0 Å². The second-order valence-corrected chi connectivity index (χ2v) is 18.1. The molecule has 2 aliphatic heterocycles. The van der Waals surface area contributed by atoms with E-state index in [0.29, 0.717) is 18.4 Å². The molecule has 4 bridgehead atoms. The van der Waals surface area contributed by atoms with Crippen molar-refractivity contribution in [1.82, 2.24) is 21.3 Å². The number of nitrogens with one attached hydrogen (secondary N) is 4. The van der Waals surface area contributed by atoms with Crippen LogP contribution in [0.5, 0.6) is 28.7 Å². The van der Waals surface area contributed by atoms with Gasteiger partial charge in [0.05, 0.1) is 21.9 Å². The fourth-order valence-electron chi connectivity index (χ4n) is 8.15. The summed E-state index contributed by atoms with van der Waals surface area (Å²) >= 11 is 0. The Hall–Kier alpha value is -7.61. The molecule has 8 N–H and O–H groups in total. The van der Waals surface area contributed by atoms with Gasteiger partial charge in [0.25, 0.3) is 5.69 Å². The highest BCUT2D eigenvalue weighted by Gasteiger charge is 2.37. The standard InChI is InChI=1S/C51H63N7O13/c1-4-5-6-7-8-9-10-11-15-18-44(59)55-46(51(64)65)45-34-29-42(70-36-22-20-35(21-23-36)57(66)67)47(60)43(30-34)71-41-24-19-33(28-40(41)58(68)69)27-39(53-48(61)37(52)25-31(2)3)49(62)54-38(50(63)56-45)26-32-16-13-12-14-17-32/h12-14,16-17,19-24,28-31,37-39,45-46,60H,4-11,15,18,25-27,52H2,1-3H3,(H,53,61)(H,54,62)(H,55,59)(H,56,63)(H,64,65)/t37-,38+,39-,45-,46-/m1/s1. The second-order valence-electron chi connectivity index (χ2n) is 18.1. The molecule has 2 heterocycles. The Morgan fingerprint density at radius 2 is 1.51 bits per heavy atom. The number of hydrogen-bond donors (Lipinski definition) is 7. The number of aliphatic carboxylic acids is 1. The van der Waals surface area contributed by atoms with Gasteiger partial charge in [-0.05, 0) is 65.8 Å². The van der Waals surface area contributed by atoms with Gasteiger partial charge in [-0.25, -0.2) is 4.79 Å². The van der Waals surface area contributed by atoms with Gasteiger partial charge in [-0.1, -0.05) is 109 Å². The maximum atomic E-state index is 14.9. The number of carboxylic acids is 1. The number of benzene rings is 4. The Kier molecular flexibility index (Phi) is 20.2. The van der Waals surface area contributed by atoms with E-state index in [-0.39, 0.29) is 54.2 Å². The number of carbonyl (C=O) groups is 5. The Bertz CT molecular complexity index is 2500. The fourth-order valence-corrected chi connectivity index (χ4v) is 8.15. The van der Waals surface area contributed by atoms with Crippen LogP contribution in [0.4, 0.5) is 11.4 Å². The largest absolute Gasteiger partial charge is 0.502 e.